The summed E-state index contributed by atoms with van der Waals surface area (Å²) < 4.78 is 12.8. The first-order valence-electron chi connectivity index (χ1n) is 9.00. The molecule has 7 heteroatoms. The van der Waals surface area contributed by atoms with Crippen molar-refractivity contribution in [3.05, 3.63) is 52.5 Å². The molecule has 2 aliphatic rings. The number of amides is 1. The Labute approximate surface area is 156 Å². The molecule has 0 saturated heterocycles. The third-order valence-electron chi connectivity index (χ3n) is 5.59. The largest absolute Gasteiger partial charge is 0.493 e. The minimum absolute atomic E-state index is 0.0178. The Morgan fingerprint density at radius 1 is 1.15 bits per heavy atom. The van der Waals surface area contributed by atoms with Crippen molar-refractivity contribution in [3.63, 3.8) is 0 Å². The third-order valence-corrected chi connectivity index (χ3v) is 5.59. The van der Waals surface area contributed by atoms with Gasteiger partial charge in [0.2, 0.25) is 0 Å². The first-order chi connectivity index (χ1) is 13.1. The predicted molar refractivity (Wildman–Crippen MR) is 98.5 cm³/mol. The van der Waals surface area contributed by atoms with E-state index in [1.54, 1.807) is 20.4 Å². The van der Waals surface area contributed by atoms with Gasteiger partial charge in [-0.2, -0.15) is 5.10 Å². The lowest BCUT2D eigenvalue weighted by atomic mass is 9.85. The number of carbonyl (C=O) groups is 1. The van der Waals surface area contributed by atoms with Crippen molar-refractivity contribution in [2.75, 3.05) is 20.8 Å². The van der Waals surface area contributed by atoms with Gasteiger partial charge in [-0.25, -0.2) is 9.50 Å². The highest BCUT2D eigenvalue weighted by Gasteiger charge is 2.39. The van der Waals surface area contributed by atoms with Gasteiger partial charge in [0.05, 0.1) is 37.2 Å². The lowest BCUT2D eigenvalue weighted by molar-refractivity contribution is 0.0626. The number of methoxy groups -OCH3 is 2. The highest BCUT2D eigenvalue weighted by molar-refractivity contribution is 5.97. The molecular weight excluding hydrogens is 344 g/mol. The number of aryl methyl sites for hydroxylation is 1. The Morgan fingerprint density at radius 3 is 2.70 bits per heavy atom. The molecule has 2 aromatic heterocycles. The fourth-order valence-corrected chi connectivity index (χ4v) is 4.30. The van der Waals surface area contributed by atoms with Crippen molar-refractivity contribution in [3.8, 4) is 11.5 Å². The summed E-state index contributed by atoms with van der Waals surface area (Å²) in [7, 11) is 3.28. The first kappa shape index (κ1) is 16.1. The zero-order valence-electron chi connectivity index (χ0n) is 15.5. The lowest BCUT2D eigenvalue weighted by Crippen LogP contribution is -2.45. The summed E-state index contributed by atoms with van der Waals surface area (Å²) in [4.78, 5) is 19.5. The zero-order valence-corrected chi connectivity index (χ0v) is 15.5. The molecule has 2 aliphatic heterocycles. The number of nitrogens with zero attached hydrogens (tertiary/aromatic N) is 4. The maximum atomic E-state index is 13.2. The zero-order chi connectivity index (χ0) is 18.7. The quantitative estimate of drug-likeness (QED) is 0.698. The molecule has 138 valence electrons. The second-order valence-corrected chi connectivity index (χ2v) is 7.05. The molecule has 27 heavy (non-hydrogen) atoms. The van der Waals surface area contributed by atoms with Gasteiger partial charge >= 0.3 is 0 Å². The highest BCUT2D eigenvalue weighted by atomic mass is 16.5. The molecule has 7 nitrogen and oxygen atoms in total. The molecule has 1 unspecified atom stereocenters. The summed E-state index contributed by atoms with van der Waals surface area (Å²) in [5.74, 6) is 1.43. The first-order valence-corrected chi connectivity index (χ1v) is 9.00. The van der Waals surface area contributed by atoms with Crippen molar-refractivity contribution in [2.24, 2.45) is 0 Å². The fourth-order valence-electron chi connectivity index (χ4n) is 4.30. The molecule has 1 aromatic carbocycles. The highest BCUT2D eigenvalue weighted by Crippen LogP contribution is 2.42. The minimum Gasteiger partial charge on any atom is -0.493 e. The molecule has 4 heterocycles. The summed E-state index contributed by atoms with van der Waals surface area (Å²) in [5.41, 5.74) is 5.55. The lowest BCUT2D eigenvalue weighted by Gasteiger charge is -2.41. The topological polar surface area (TPSA) is 69.0 Å². The normalized spacial score (nSPS) is 18.1. The van der Waals surface area contributed by atoms with Gasteiger partial charge in [0, 0.05) is 25.2 Å². The molecule has 0 fully saturated rings. The van der Waals surface area contributed by atoms with Gasteiger partial charge < -0.3 is 14.4 Å². The molecule has 5 rings (SSSR count). The van der Waals surface area contributed by atoms with E-state index in [1.807, 2.05) is 34.5 Å². The van der Waals surface area contributed by atoms with Crippen molar-refractivity contribution < 1.29 is 14.3 Å². The van der Waals surface area contributed by atoms with Gasteiger partial charge in [0.25, 0.3) is 5.91 Å². The smallest absolute Gasteiger partial charge is 0.257 e. The number of benzene rings is 1. The second kappa shape index (κ2) is 5.70. The number of rotatable bonds is 2. The molecule has 3 aromatic rings. The van der Waals surface area contributed by atoms with E-state index in [0.29, 0.717) is 24.3 Å². The molecule has 0 spiro atoms. The monoisotopic (exact) mass is 364 g/mol. The third kappa shape index (κ3) is 2.24. The van der Waals surface area contributed by atoms with Crippen LogP contribution < -0.4 is 9.47 Å². The van der Waals surface area contributed by atoms with E-state index >= 15 is 0 Å². The summed E-state index contributed by atoms with van der Waals surface area (Å²) in [6, 6.07) is 5.94. The van der Waals surface area contributed by atoms with Crippen LogP contribution in [0.15, 0.2) is 24.4 Å². The van der Waals surface area contributed by atoms with Crippen molar-refractivity contribution in [2.45, 2.75) is 25.8 Å². The number of aromatic nitrogens is 3. The summed E-state index contributed by atoms with van der Waals surface area (Å²) >= 11 is 0. The van der Waals surface area contributed by atoms with E-state index in [9.17, 15) is 4.79 Å². The number of hydrogen-bond acceptors (Lipinski definition) is 5. The molecule has 1 amide bonds. The van der Waals surface area contributed by atoms with Crippen LogP contribution in [0.1, 0.15) is 38.9 Å². The van der Waals surface area contributed by atoms with Crippen molar-refractivity contribution >= 4 is 11.6 Å². The predicted octanol–water partition coefficient (Wildman–Crippen LogP) is 2.35. The number of carbonyl (C=O) groups excluding carboxylic acids is 1. The summed E-state index contributed by atoms with van der Waals surface area (Å²) in [6.45, 7) is 2.62. The Hall–Kier alpha value is -3.09. The second-order valence-electron chi connectivity index (χ2n) is 7.05. The van der Waals surface area contributed by atoms with Gasteiger partial charge in [-0.05, 0) is 36.6 Å². The number of fused-ring (bicyclic) bond motifs is 6. The molecule has 0 N–H and O–H groups in total. The Balaban J connectivity index is 1.68. The molecular formula is C20H20N4O3. The van der Waals surface area contributed by atoms with Gasteiger partial charge in [-0.3, -0.25) is 4.79 Å². The summed E-state index contributed by atoms with van der Waals surface area (Å²) in [5, 5.41) is 4.55. The van der Waals surface area contributed by atoms with Gasteiger partial charge in [-0.1, -0.05) is 0 Å². The van der Waals surface area contributed by atoms with Crippen LogP contribution in [-0.2, 0) is 12.8 Å². The Kier molecular flexibility index (Phi) is 3.40. The standard InChI is InChI=1S/C20H20N4O3/c1-11-6-19-21-10-14-16(24(19)22-11)9-15-13-8-18(27-3)17(26-2)7-12(13)4-5-23(15)20(14)25/h6-8,10,15H,4-5,9H2,1-3H3. The van der Waals surface area contributed by atoms with E-state index in [-0.39, 0.29) is 11.9 Å². The van der Waals surface area contributed by atoms with Crippen LogP contribution in [0, 0.1) is 6.92 Å². The average Bonchev–Trinajstić information content (AvgIpc) is 3.07. The molecule has 0 bridgehead atoms. The summed E-state index contributed by atoms with van der Waals surface area (Å²) in [6.07, 6.45) is 3.18. The minimum atomic E-state index is -0.0383. The van der Waals surface area contributed by atoms with Crippen LogP contribution in [0.3, 0.4) is 0 Å². The Morgan fingerprint density at radius 2 is 1.93 bits per heavy atom. The van der Waals surface area contributed by atoms with Crippen molar-refractivity contribution in [1.29, 1.82) is 0 Å². The van der Waals surface area contributed by atoms with Gasteiger partial charge in [0.15, 0.2) is 17.1 Å². The molecule has 0 radical (unpaired) electrons. The van der Waals surface area contributed by atoms with Gasteiger partial charge in [0.1, 0.15) is 0 Å². The van der Waals surface area contributed by atoms with Crippen LogP contribution in [0.5, 0.6) is 11.5 Å². The van der Waals surface area contributed by atoms with Crippen LogP contribution in [0.2, 0.25) is 0 Å². The van der Waals surface area contributed by atoms with Crippen LogP contribution in [0.25, 0.3) is 5.65 Å². The van der Waals surface area contributed by atoms with Crippen molar-refractivity contribution in [1.82, 2.24) is 19.5 Å². The van der Waals surface area contributed by atoms with Gasteiger partial charge in [-0.15, -0.1) is 0 Å². The fraction of sp³-hybridized carbons (Fsp3) is 0.350. The SMILES string of the molecule is COc1cc2c(cc1OC)C1Cc3c(cnc4cc(C)nn34)C(=O)N1CC2. The van der Waals surface area contributed by atoms with Crippen LogP contribution >= 0.6 is 0 Å². The van der Waals surface area contributed by atoms with E-state index < -0.39 is 0 Å². The van der Waals surface area contributed by atoms with Crippen LogP contribution in [0.4, 0.5) is 0 Å². The average molecular weight is 364 g/mol. The number of ether oxygens (including phenoxy) is 2. The molecule has 0 aliphatic carbocycles. The van der Waals surface area contributed by atoms with Crippen LogP contribution in [-0.4, -0.2) is 46.2 Å². The van der Waals surface area contributed by atoms with E-state index in [4.69, 9.17) is 9.47 Å². The maximum Gasteiger partial charge on any atom is 0.257 e. The van der Waals surface area contributed by atoms with E-state index in [0.717, 1.165) is 34.8 Å². The maximum absolute atomic E-state index is 13.2. The molecule has 1 atom stereocenters. The van der Waals surface area contributed by atoms with E-state index in [1.165, 1.54) is 5.56 Å². The van der Waals surface area contributed by atoms with E-state index in [2.05, 4.69) is 10.1 Å². The Bertz CT molecular complexity index is 1090. The molecule has 0 saturated carbocycles. The number of hydrogen-bond donors (Lipinski definition) is 0.